The second kappa shape index (κ2) is 15.5. The van der Waals surface area contributed by atoms with Crippen LogP contribution in [0.5, 0.6) is 11.5 Å². The van der Waals surface area contributed by atoms with Gasteiger partial charge in [0.15, 0.2) is 35.5 Å². The molecule has 1 unspecified atom stereocenters. The first-order valence-electron chi connectivity index (χ1n) is 16.5. The fourth-order valence-electron chi connectivity index (χ4n) is 6.45. The van der Waals surface area contributed by atoms with Crippen molar-refractivity contribution < 1.29 is 42.1 Å². The van der Waals surface area contributed by atoms with Crippen LogP contribution < -0.4 is 14.8 Å². The number of nitrogens with zero attached hydrogens (tertiary/aromatic N) is 4. The fourth-order valence-corrected chi connectivity index (χ4v) is 6.88. The normalized spacial score (nSPS) is 18.8. The van der Waals surface area contributed by atoms with Crippen molar-refractivity contribution in [1.82, 2.24) is 19.5 Å². The van der Waals surface area contributed by atoms with E-state index in [-0.39, 0.29) is 23.6 Å². The lowest BCUT2D eigenvalue weighted by Gasteiger charge is -2.37. The number of ether oxygens (including phenoxy) is 4. The first-order valence-corrected chi connectivity index (χ1v) is 17.6. The molecule has 270 valence electrons. The Bertz CT molecular complexity index is 2150. The lowest BCUT2D eigenvalue weighted by Crippen LogP contribution is -2.38. The van der Waals surface area contributed by atoms with Crippen LogP contribution in [0.4, 0.5) is 10.2 Å². The number of carbonyl (C=O) groups is 1. The van der Waals surface area contributed by atoms with Crippen LogP contribution in [-0.2, 0) is 24.2 Å². The molecule has 0 saturated carbocycles. The molecule has 5 atom stereocenters. The topological polar surface area (TPSA) is 156 Å². The Balaban J connectivity index is 1.24. The predicted molar refractivity (Wildman–Crippen MR) is 191 cm³/mol. The SMILES string of the molecule is COc1ccc(C(OC[C@H]2O[C@@H](n3cnc4c(NC(=O)c5ccccc5)ncnc43)[C@H](O[P+](=O)O)[C@H]2F)(c2ccccc2)c2ccc(OC)cc2)cc1. The molecule has 13 nitrogen and oxygen atoms in total. The van der Waals surface area contributed by atoms with Gasteiger partial charge in [0.05, 0.1) is 27.2 Å². The smallest absolute Gasteiger partial charge is 0.497 e. The summed E-state index contributed by atoms with van der Waals surface area (Å²) in [5, 5.41) is 2.73. The second-order valence-electron chi connectivity index (χ2n) is 12.0. The van der Waals surface area contributed by atoms with E-state index in [1.165, 1.54) is 17.2 Å². The van der Waals surface area contributed by atoms with E-state index in [0.717, 1.165) is 5.56 Å². The number of hydrogen-bond acceptors (Lipinski definition) is 10. The van der Waals surface area contributed by atoms with Gasteiger partial charge in [-0.25, -0.2) is 19.3 Å². The van der Waals surface area contributed by atoms with Crippen LogP contribution in [0.1, 0.15) is 33.3 Å². The number of benzene rings is 4. The third-order valence-corrected chi connectivity index (χ3v) is 9.44. The molecule has 7 rings (SSSR count). The van der Waals surface area contributed by atoms with Crippen molar-refractivity contribution >= 4 is 31.1 Å². The lowest BCUT2D eigenvalue weighted by molar-refractivity contribution is -0.0885. The van der Waals surface area contributed by atoms with Crippen molar-refractivity contribution in [2.24, 2.45) is 0 Å². The molecule has 2 N–H and O–H groups in total. The van der Waals surface area contributed by atoms with Crippen molar-refractivity contribution in [3.8, 4) is 11.5 Å². The first kappa shape index (κ1) is 35.8. The third-order valence-electron chi connectivity index (χ3n) is 9.01. The Morgan fingerprint density at radius 2 is 1.45 bits per heavy atom. The number of amides is 1. The maximum Gasteiger partial charge on any atom is 0.695 e. The van der Waals surface area contributed by atoms with Gasteiger partial charge in [-0.3, -0.25) is 9.36 Å². The van der Waals surface area contributed by atoms with Gasteiger partial charge in [0, 0.05) is 10.1 Å². The number of carbonyl (C=O) groups excluding carboxylic acids is 1. The lowest BCUT2D eigenvalue weighted by atomic mass is 9.80. The minimum atomic E-state index is -3.25. The standard InChI is InChI=1S/C38H33FN5O8P/c1-48-28-17-13-26(14-18-28)38(25-11-7-4-8-12-25,27-15-19-29(49-2)20-16-27)50-21-30-31(39)33(52-53(46)47)37(51-30)44-23-42-32-34(40-22-41-35(32)44)43-36(45)24-9-5-3-6-10-24/h3-20,22-23,30-31,33,37H,21H2,1-2H3,(H-,40,41,43,45,46,47)/p+1/t30-,31+,33-,37-/m1/s1. The van der Waals surface area contributed by atoms with Gasteiger partial charge in [-0.05, 0) is 53.1 Å². The summed E-state index contributed by atoms with van der Waals surface area (Å²) < 4.78 is 59.2. The highest BCUT2D eigenvalue weighted by Gasteiger charge is 2.53. The molecule has 0 radical (unpaired) electrons. The van der Waals surface area contributed by atoms with Crippen LogP contribution in [-0.4, -0.2) is 69.5 Å². The monoisotopic (exact) mass is 738 g/mol. The number of rotatable bonds is 13. The van der Waals surface area contributed by atoms with Gasteiger partial charge in [0.1, 0.15) is 29.5 Å². The largest absolute Gasteiger partial charge is 0.695 e. The summed E-state index contributed by atoms with van der Waals surface area (Å²) in [6.07, 6.45) is -3.58. The van der Waals surface area contributed by atoms with E-state index in [2.05, 4.69) is 20.3 Å². The number of methoxy groups -OCH3 is 2. The minimum Gasteiger partial charge on any atom is -0.497 e. The Morgan fingerprint density at radius 1 is 0.868 bits per heavy atom. The number of fused-ring (bicyclic) bond motifs is 1. The molecule has 1 saturated heterocycles. The zero-order valence-electron chi connectivity index (χ0n) is 28.5. The summed E-state index contributed by atoms with van der Waals surface area (Å²) in [6.45, 7) is -0.327. The Morgan fingerprint density at radius 3 is 2.04 bits per heavy atom. The molecule has 3 heterocycles. The van der Waals surface area contributed by atoms with Gasteiger partial charge >= 0.3 is 8.25 Å². The average Bonchev–Trinajstić information content (AvgIpc) is 3.76. The van der Waals surface area contributed by atoms with Crippen molar-refractivity contribution in [3.63, 3.8) is 0 Å². The molecular weight excluding hydrogens is 704 g/mol. The van der Waals surface area contributed by atoms with Crippen molar-refractivity contribution in [1.29, 1.82) is 0 Å². The molecule has 53 heavy (non-hydrogen) atoms. The second-order valence-corrected chi connectivity index (χ2v) is 12.7. The van der Waals surface area contributed by atoms with E-state index in [0.29, 0.717) is 28.2 Å². The van der Waals surface area contributed by atoms with Crippen LogP contribution in [0.25, 0.3) is 11.2 Å². The van der Waals surface area contributed by atoms with E-state index < -0.39 is 44.4 Å². The molecule has 0 aliphatic carbocycles. The van der Waals surface area contributed by atoms with E-state index in [1.807, 2.05) is 78.9 Å². The molecule has 15 heteroatoms. The Labute approximate surface area is 304 Å². The summed E-state index contributed by atoms with van der Waals surface area (Å²) in [5.41, 5.74) is 1.64. The van der Waals surface area contributed by atoms with Gasteiger partial charge in [-0.15, -0.1) is 9.42 Å². The van der Waals surface area contributed by atoms with Crippen molar-refractivity contribution in [2.75, 3.05) is 26.1 Å². The Kier molecular flexibility index (Phi) is 10.5. The van der Waals surface area contributed by atoms with Gasteiger partial charge in [0.2, 0.25) is 0 Å². The molecule has 4 aromatic carbocycles. The minimum absolute atomic E-state index is 0.106. The molecule has 0 spiro atoms. The number of nitrogens with one attached hydrogen (secondary N) is 1. The number of anilines is 1. The number of alkyl halides is 1. The van der Waals surface area contributed by atoms with Gasteiger partial charge in [-0.2, -0.15) is 0 Å². The summed E-state index contributed by atoms with van der Waals surface area (Å²) in [4.78, 5) is 35.6. The van der Waals surface area contributed by atoms with Crippen molar-refractivity contribution in [2.45, 2.75) is 30.2 Å². The van der Waals surface area contributed by atoms with Crippen molar-refractivity contribution in [3.05, 3.63) is 144 Å². The summed E-state index contributed by atoms with van der Waals surface area (Å²) in [7, 11) is -0.107. The highest BCUT2D eigenvalue weighted by atomic mass is 31.1. The molecule has 1 aliphatic rings. The van der Waals surface area contributed by atoms with E-state index >= 15 is 4.39 Å². The molecule has 0 bridgehead atoms. The number of halogens is 1. The zero-order valence-corrected chi connectivity index (χ0v) is 29.4. The molecule has 1 aliphatic heterocycles. The van der Waals surface area contributed by atoms with Gasteiger partial charge < -0.3 is 24.3 Å². The molecule has 1 fully saturated rings. The fraction of sp³-hybridized carbons (Fsp3) is 0.211. The highest BCUT2D eigenvalue weighted by molar-refractivity contribution is 7.32. The highest BCUT2D eigenvalue weighted by Crippen LogP contribution is 2.44. The maximum absolute atomic E-state index is 16.5. The Hall–Kier alpha value is -5.63. The third kappa shape index (κ3) is 7.10. The first-order chi connectivity index (χ1) is 25.8. The van der Waals surface area contributed by atoms with E-state index in [9.17, 15) is 14.3 Å². The van der Waals surface area contributed by atoms with Gasteiger partial charge in [0.25, 0.3) is 5.91 Å². The predicted octanol–water partition coefficient (Wildman–Crippen LogP) is 6.37. The van der Waals surface area contributed by atoms with E-state index in [4.69, 9.17) is 23.5 Å². The number of imidazole rings is 1. The summed E-state index contributed by atoms with van der Waals surface area (Å²) in [5.74, 6) is 0.948. The van der Waals surface area contributed by atoms with Gasteiger partial charge in [-0.1, -0.05) is 72.8 Å². The number of hydrogen-bond donors (Lipinski definition) is 2. The van der Waals surface area contributed by atoms with Crippen LogP contribution >= 0.6 is 8.25 Å². The van der Waals surface area contributed by atoms with Crippen LogP contribution in [0, 0.1) is 0 Å². The summed E-state index contributed by atoms with van der Waals surface area (Å²) >= 11 is 0. The molecule has 2 aromatic heterocycles. The molecule has 1 amide bonds. The van der Waals surface area contributed by atoms with Crippen LogP contribution in [0.3, 0.4) is 0 Å². The zero-order chi connectivity index (χ0) is 37.0. The van der Waals surface area contributed by atoms with Crippen LogP contribution in [0.2, 0.25) is 0 Å². The molecular formula is C38H34FN5O8P+. The average molecular weight is 739 g/mol. The van der Waals surface area contributed by atoms with Crippen LogP contribution in [0.15, 0.2) is 122 Å². The maximum atomic E-state index is 16.5. The number of aromatic nitrogens is 4. The quantitative estimate of drug-likeness (QED) is 0.100. The van der Waals surface area contributed by atoms with E-state index in [1.54, 1.807) is 44.6 Å². The summed E-state index contributed by atoms with van der Waals surface area (Å²) in [6, 6.07) is 32.7. The molecule has 6 aromatic rings.